The molecule has 1 aromatic heterocycles. The van der Waals surface area contributed by atoms with Gasteiger partial charge in [0.15, 0.2) is 11.6 Å². The molecule has 2 aromatic carbocycles. The Balaban J connectivity index is 1.80. The lowest BCUT2D eigenvalue weighted by molar-refractivity contribution is 0.0916. The van der Waals surface area contributed by atoms with Gasteiger partial charge in [0, 0.05) is 17.3 Å². The monoisotopic (exact) mass is 528 g/mol. The molecule has 0 unspecified atom stereocenters. The van der Waals surface area contributed by atoms with E-state index in [0.717, 1.165) is 37.5 Å². The van der Waals surface area contributed by atoms with Crippen molar-refractivity contribution in [2.75, 3.05) is 12.0 Å². The third-order valence-corrected chi connectivity index (χ3v) is 6.25. The van der Waals surface area contributed by atoms with Crippen LogP contribution in [0.1, 0.15) is 63.2 Å². The molecular weight excluding hydrogens is 498 g/mol. The number of carbonyl (C=O) groups excluding carboxylic acids is 2. The Bertz CT molecular complexity index is 1390. The average molecular weight is 529 g/mol. The molecule has 0 aliphatic heterocycles. The molecule has 0 radical (unpaired) electrons. The Labute approximate surface area is 218 Å². The quantitative estimate of drug-likeness (QED) is 0.500. The maximum Gasteiger partial charge on any atom is 0.377 e. The van der Waals surface area contributed by atoms with Gasteiger partial charge in [0.25, 0.3) is 5.91 Å². The highest BCUT2D eigenvalue weighted by molar-refractivity contribution is 6.00. The maximum absolute atomic E-state index is 14.3. The van der Waals surface area contributed by atoms with E-state index in [1.165, 1.54) is 18.1 Å². The average Bonchev–Trinajstić information content (AvgIpc) is 3.24. The second-order valence-electron chi connectivity index (χ2n) is 10.2. The highest BCUT2D eigenvalue weighted by Crippen LogP contribution is 2.31. The number of amides is 2. The number of hydrogen-bond acceptors (Lipinski definition) is 6. The Morgan fingerprint density at radius 1 is 1.05 bits per heavy atom. The van der Waals surface area contributed by atoms with E-state index in [0.29, 0.717) is 33.6 Å². The number of ether oxygens (including phenoxy) is 1. The van der Waals surface area contributed by atoms with E-state index >= 15 is 0 Å². The lowest BCUT2D eigenvalue weighted by atomic mass is 9.93. The third kappa shape index (κ3) is 5.43. The van der Waals surface area contributed by atoms with Gasteiger partial charge >= 0.3 is 11.7 Å². The van der Waals surface area contributed by atoms with Crippen LogP contribution in [-0.2, 0) is 0 Å². The van der Waals surface area contributed by atoms with Crippen LogP contribution in [0.25, 0.3) is 5.69 Å². The summed E-state index contributed by atoms with van der Waals surface area (Å²) in [5.41, 5.74) is -1.83. The van der Waals surface area contributed by atoms with E-state index in [2.05, 4.69) is 15.7 Å². The number of halogens is 2. The molecule has 3 aromatic rings. The molecule has 10 nitrogen and oxygen atoms in total. The molecule has 1 saturated carbocycles. The summed E-state index contributed by atoms with van der Waals surface area (Å²) in [4.78, 5) is 41.4. The van der Waals surface area contributed by atoms with Gasteiger partial charge in [-0.1, -0.05) is 25.3 Å². The topological polar surface area (TPSA) is 111 Å². The standard InChI is InChI=1S/C26H30F2N6O4/c1-26(2,3)29-23(35)18-15-17(13-14-21(18)38-4)32(16-9-6-5-7-10-16)24(36)34-25(37)33(30-31-34)22-19(27)11-8-12-20(22)28/h8,11-16H,5-7,9-10H2,1-4H3,(H,29,35). The van der Waals surface area contributed by atoms with Crippen molar-refractivity contribution in [1.29, 1.82) is 0 Å². The molecule has 4 rings (SSSR count). The maximum atomic E-state index is 14.3. The minimum Gasteiger partial charge on any atom is -0.496 e. The fourth-order valence-corrected chi connectivity index (χ4v) is 4.55. The summed E-state index contributed by atoms with van der Waals surface area (Å²) in [7, 11) is 1.44. The molecule has 0 spiro atoms. The van der Waals surface area contributed by atoms with Gasteiger partial charge in [0.05, 0.1) is 12.7 Å². The van der Waals surface area contributed by atoms with Gasteiger partial charge in [-0.2, -0.15) is 4.68 Å². The van der Waals surface area contributed by atoms with Crippen molar-refractivity contribution in [1.82, 2.24) is 25.1 Å². The van der Waals surface area contributed by atoms with Crippen LogP contribution >= 0.6 is 0 Å². The Hall–Kier alpha value is -4.09. The minimum absolute atomic E-state index is 0.206. The molecule has 1 fully saturated rings. The molecule has 0 saturated heterocycles. The van der Waals surface area contributed by atoms with Gasteiger partial charge in [0.2, 0.25) is 0 Å². The first-order valence-corrected chi connectivity index (χ1v) is 12.4. The van der Waals surface area contributed by atoms with E-state index in [1.807, 2.05) is 20.8 Å². The molecule has 0 bridgehead atoms. The van der Waals surface area contributed by atoms with Crippen LogP contribution in [0.2, 0.25) is 0 Å². The molecular formula is C26H30F2N6O4. The Morgan fingerprint density at radius 3 is 2.32 bits per heavy atom. The van der Waals surface area contributed by atoms with E-state index in [1.54, 1.807) is 12.1 Å². The zero-order valence-corrected chi connectivity index (χ0v) is 21.7. The first kappa shape index (κ1) is 27.0. The van der Waals surface area contributed by atoms with E-state index in [4.69, 9.17) is 4.74 Å². The summed E-state index contributed by atoms with van der Waals surface area (Å²) in [5, 5.41) is 10.1. The van der Waals surface area contributed by atoms with Crippen molar-refractivity contribution < 1.29 is 23.1 Å². The molecule has 1 N–H and O–H groups in total. The molecule has 12 heteroatoms. The molecule has 38 heavy (non-hydrogen) atoms. The lowest BCUT2D eigenvalue weighted by Gasteiger charge is -2.34. The van der Waals surface area contributed by atoms with Crippen molar-refractivity contribution in [2.24, 2.45) is 0 Å². The zero-order valence-electron chi connectivity index (χ0n) is 21.7. The van der Waals surface area contributed by atoms with Crippen molar-refractivity contribution >= 4 is 17.6 Å². The van der Waals surface area contributed by atoms with Crippen LogP contribution in [-0.4, -0.2) is 50.4 Å². The summed E-state index contributed by atoms with van der Waals surface area (Å²) in [6.45, 7) is 5.52. The number of para-hydroxylation sites is 1. The van der Waals surface area contributed by atoms with Crippen molar-refractivity contribution in [3.8, 4) is 11.4 Å². The van der Waals surface area contributed by atoms with E-state index in [-0.39, 0.29) is 11.6 Å². The van der Waals surface area contributed by atoms with Crippen LogP contribution in [0.15, 0.2) is 41.2 Å². The lowest BCUT2D eigenvalue weighted by Crippen LogP contribution is -2.47. The zero-order chi connectivity index (χ0) is 27.6. The fourth-order valence-electron chi connectivity index (χ4n) is 4.55. The van der Waals surface area contributed by atoms with Crippen LogP contribution in [0.4, 0.5) is 19.3 Å². The third-order valence-electron chi connectivity index (χ3n) is 6.25. The number of benzene rings is 2. The minimum atomic E-state index is -1.13. The Kier molecular flexibility index (Phi) is 7.61. The van der Waals surface area contributed by atoms with Gasteiger partial charge in [-0.15, -0.1) is 4.68 Å². The number of tetrazole rings is 1. The first-order chi connectivity index (χ1) is 18.0. The summed E-state index contributed by atoms with van der Waals surface area (Å²) in [5.74, 6) is -2.14. The number of nitrogens with zero attached hydrogens (tertiary/aromatic N) is 5. The summed E-state index contributed by atoms with van der Waals surface area (Å²) >= 11 is 0. The van der Waals surface area contributed by atoms with Crippen molar-refractivity contribution in [3.05, 3.63) is 64.1 Å². The van der Waals surface area contributed by atoms with Crippen LogP contribution in [0.5, 0.6) is 5.75 Å². The molecule has 2 amide bonds. The van der Waals surface area contributed by atoms with Crippen molar-refractivity contribution in [3.63, 3.8) is 0 Å². The molecule has 1 aliphatic rings. The highest BCUT2D eigenvalue weighted by Gasteiger charge is 2.32. The smallest absolute Gasteiger partial charge is 0.377 e. The SMILES string of the molecule is COc1ccc(N(C(=O)n2nnn(-c3c(F)cccc3F)c2=O)C2CCCCC2)cc1C(=O)NC(C)(C)C. The number of rotatable bonds is 5. The fraction of sp³-hybridized carbons (Fsp3) is 0.423. The van der Waals surface area contributed by atoms with E-state index < -0.39 is 40.5 Å². The number of methoxy groups -OCH3 is 1. The second-order valence-corrected chi connectivity index (χ2v) is 10.2. The van der Waals surface area contributed by atoms with Gasteiger partial charge in [-0.3, -0.25) is 9.69 Å². The summed E-state index contributed by atoms with van der Waals surface area (Å²) in [6, 6.07) is 6.66. The Morgan fingerprint density at radius 2 is 1.71 bits per heavy atom. The van der Waals surface area contributed by atoms with Gasteiger partial charge in [-0.05, 0) is 74.4 Å². The first-order valence-electron chi connectivity index (χ1n) is 12.4. The van der Waals surface area contributed by atoms with Gasteiger partial charge in [-0.25, -0.2) is 18.4 Å². The van der Waals surface area contributed by atoms with Crippen LogP contribution in [0, 0.1) is 11.6 Å². The van der Waals surface area contributed by atoms with Crippen LogP contribution < -0.4 is 20.6 Å². The van der Waals surface area contributed by atoms with Crippen LogP contribution in [0.3, 0.4) is 0 Å². The number of nitrogens with one attached hydrogen (secondary N) is 1. The van der Waals surface area contributed by atoms with Gasteiger partial charge < -0.3 is 10.1 Å². The van der Waals surface area contributed by atoms with Crippen molar-refractivity contribution in [2.45, 2.75) is 64.5 Å². The normalized spacial score (nSPS) is 14.3. The number of anilines is 1. The summed E-state index contributed by atoms with van der Waals surface area (Å²) in [6.07, 6.45) is 4.05. The highest BCUT2D eigenvalue weighted by atomic mass is 19.1. The molecule has 0 atom stereocenters. The predicted octanol–water partition coefficient (Wildman–Crippen LogP) is 4.05. The molecule has 1 heterocycles. The second kappa shape index (κ2) is 10.7. The molecule has 202 valence electrons. The largest absolute Gasteiger partial charge is 0.496 e. The molecule has 1 aliphatic carbocycles. The predicted molar refractivity (Wildman–Crippen MR) is 136 cm³/mol. The summed E-state index contributed by atoms with van der Waals surface area (Å²) < 4.78 is 34.9. The van der Waals surface area contributed by atoms with Gasteiger partial charge in [0.1, 0.15) is 11.4 Å². The number of hydrogen-bond donors (Lipinski definition) is 1. The number of aromatic nitrogens is 4. The van der Waals surface area contributed by atoms with E-state index in [9.17, 15) is 23.2 Å². The number of carbonyl (C=O) groups is 2.